The van der Waals surface area contributed by atoms with Crippen LogP contribution in [0.15, 0.2) is 34.2 Å². The first-order valence-corrected chi connectivity index (χ1v) is 9.04. The molecule has 3 heterocycles. The number of carbonyl (C=O) groups excluding carboxylic acids is 1. The summed E-state index contributed by atoms with van der Waals surface area (Å²) in [5.41, 5.74) is 2.81. The fourth-order valence-electron chi connectivity index (χ4n) is 2.87. The van der Waals surface area contributed by atoms with Gasteiger partial charge in [-0.3, -0.25) is 9.59 Å². The molecule has 2 aromatic heterocycles. The largest absolute Gasteiger partial charge is 0.352 e. The van der Waals surface area contributed by atoms with Gasteiger partial charge in [-0.05, 0) is 32.0 Å². The van der Waals surface area contributed by atoms with Crippen molar-refractivity contribution in [3.05, 3.63) is 50.3 Å². The van der Waals surface area contributed by atoms with Gasteiger partial charge in [0.25, 0.3) is 5.91 Å². The van der Waals surface area contributed by atoms with Crippen LogP contribution in [0, 0.1) is 0 Å². The van der Waals surface area contributed by atoms with Crippen LogP contribution in [0.25, 0.3) is 16.0 Å². The summed E-state index contributed by atoms with van der Waals surface area (Å²) < 4.78 is 0.869. The van der Waals surface area contributed by atoms with E-state index in [9.17, 15) is 9.59 Å². The summed E-state index contributed by atoms with van der Waals surface area (Å²) >= 11 is 1.16. The molecule has 134 valence electrons. The summed E-state index contributed by atoms with van der Waals surface area (Å²) in [6, 6.07) is 5.68. The maximum absolute atomic E-state index is 12.5. The highest BCUT2D eigenvalue weighted by atomic mass is 32.1. The van der Waals surface area contributed by atoms with Crippen LogP contribution < -0.4 is 31.5 Å². The minimum Gasteiger partial charge on any atom is -0.352 e. The van der Waals surface area contributed by atoms with Crippen molar-refractivity contribution in [1.82, 2.24) is 20.6 Å². The van der Waals surface area contributed by atoms with E-state index in [0.717, 1.165) is 27.2 Å². The second-order valence-corrected chi connectivity index (χ2v) is 7.29. The van der Waals surface area contributed by atoms with Crippen molar-refractivity contribution in [2.24, 2.45) is 4.99 Å². The molecule has 8 nitrogen and oxygen atoms in total. The van der Waals surface area contributed by atoms with Gasteiger partial charge in [-0.25, -0.2) is 4.99 Å². The van der Waals surface area contributed by atoms with Crippen molar-refractivity contribution >= 4 is 39.0 Å². The molecular weight excluding hydrogens is 352 g/mol. The van der Waals surface area contributed by atoms with E-state index in [2.05, 4.69) is 30.9 Å². The van der Waals surface area contributed by atoms with Gasteiger partial charge in [-0.1, -0.05) is 11.3 Å². The summed E-state index contributed by atoms with van der Waals surface area (Å²) in [4.78, 5) is 34.1. The number of aromatic nitrogens is 2. The zero-order chi connectivity index (χ0) is 18.3. The number of anilines is 1. The molecule has 5 N–H and O–H groups in total. The first-order valence-electron chi connectivity index (χ1n) is 8.22. The number of nitrogens with one attached hydrogen (secondary N) is 5. The van der Waals surface area contributed by atoms with Crippen molar-refractivity contribution in [1.29, 1.82) is 0 Å². The Morgan fingerprint density at radius 3 is 3.00 bits per heavy atom. The number of H-pyrrole nitrogens is 2. The molecule has 1 aliphatic heterocycles. The normalized spacial score (nSPS) is 13.3. The van der Waals surface area contributed by atoms with Gasteiger partial charge in [0.1, 0.15) is 18.0 Å². The standard InChI is InChI=1S/C17H18N6O2S/c1-8(2)21-16(24)10-6-18-14-13(10)15(20-7-19-14)22-9-3-4-11-12(5-9)26-17(25)23-11/h3-6,8,20,22H,7H2,1-2H3,(H,18,19)(H,21,24)(H,23,25). The molecule has 4 rings (SSSR count). The molecule has 1 amide bonds. The molecule has 3 aromatic rings. The third-order valence-corrected chi connectivity index (χ3v) is 4.80. The first kappa shape index (κ1) is 16.4. The number of thiazole rings is 1. The first-order chi connectivity index (χ1) is 12.5. The third-order valence-electron chi connectivity index (χ3n) is 3.96. The number of fused-ring (bicyclic) bond motifs is 2. The maximum atomic E-state index is 12.5. The summed E-state index contributed by atoms with van der Waals surface area (Å²) in [7, 11) is 0. The molecule has 0 spiro atoms. The fourth-order valence-corrected chi connectivity index (χ4v) is 3.65. The maximum Gasteiger partial charge on any atom is 0.305 e. The number of hydrogen-bond acceptors (Lipinski definition) is 6. The molecule has 0 saturated heterocycles. The molecule has 1 aromatic carbocycles. The van der Waals surface area contributed by atoms with Crippen LogP contribution in [0.1, 0.15) is 24.2 Å². The smallest absolute Gasteiger partial charge is 0.305 e. The van der Waals surface area contributed by atoms with E-state index in [4.69, 9.17) is 0 Å². The van der Waals surface area contributed by atoms with Gasteiger partial charge in [-0.15, -0.1) is 0 Å². The molecule has 26 heavy (non-hydrogen) atoms. The van der Waals surface area contributed by atoms with Gasteiger partial charge in [0.05, 0.1) is 21.0 Å². The lowest BCUT2D eigenvalue weighted by Gasteiger charge is -2.15. The number of aromatic amines is 2. The Hall–Kier alpha value is -3.07. The molecule has 9 heteroatoms. The van der Waals surface area contributed by atoms with Crippen molar-refractivity contribution in [2.45, 2.75) is 19.9 Å². The average molecular weight is 370 g/mol. The predicted molar refractivity (Wildman–Crippen MR) is 102 cm³/mol. The minimum absolute atomic E-state index is 0.0386. The van der Waals surface area contributed by atoms with Gasteiger partial charge in [0.15, 0.2) is 0 Å². The SMILES string of the molecule is CC(C)NC(=O)c1c[nH]c2c1=C(Nc1ccc3[nH]c(=O)sc3c1)NCN=2. The zero-order valence-electron chi connectivity index (χ0n) is 14.3. The van der Waals surface area contributed by atoms with E-state index in [1.165, 1.54) is 0 Å². The molecule has 0 unspecified atom stereocenters. The number of hydrogen-bond donors (Lipinski definition) is 5. The Bertz CT molecular complexity index is 1170. The molecule has 0 radical (unpaired) electrons. The third kappa shape index (κ3) is 2.97. The number of amides is 1. The van der Waals surface area contributed by atoms with E-state index >= 15 is 0 Å². The van der Waals surface area contributed by atoms with Crippen molar-refractivity contribution in [3.8, 4) is 0 Å². The Labute approximate surface area is 152 Å². The molecule has 0 atom stereocenters. The highest BCUT2D eigenvalue weighted by Crippen LogP contribution is 2.20. The van der Waals surface area contributed by atoms with Gasteiger partial charge >= 0.3 is 4.87 Å². The number of benzene rings is 1. The van der Waals surface area contributed by atoms with Gasteiger partial charge in [-0.2, -0.15) is 0 Å². The highest BCUT2D eigenvalue weighted by Gasteiger charge is 2.17. The molecule has 1 aliphatic rings. The van der Waals surface area contributed by atoms with Crippen LogP contribution in [0.5, 0.6) is 0 Å². The average Bonchev–Trinajstić information content (AvgIpc) is 3.17. The molecule has 0 saturated carbocycles. The molecule has 0 aliphatic carbocycles. The minimum atomic E-state index is -0.157. The van der Waals surface area contributed by atoms with Gasteiger partial charge in [0.2, 0.25) is 0 Å². The van der Waals surface area contributed by atoms with E-state index in [0.29, 0.717) is 28.8 Å². The van der Waals surface area contributed by atoms with E-state index < -0.39 is 0 Å². The van der Waals surface area contributed by atoms with Crippen LogP contribution in [0.3, 0.4) is 0 Å². The predicted octanol–water partition coefficient (Wildman–Crippen LogP) is 0.414. The van der Waals surface area contributed by atoms with E-state index in [1.54, 1.807) is 6.20 Å². The molecular formula is C17H18N6O2S. The Morgan fingerprint density at radius 2 is 2.19 bits per heavy atom. The topological polar surface area (TPSA) is 114 Å². The zero-order valence-corrected chi connectivity index (χ0v) is 15.1. The number of nitrogens with zero attached hydrogens (tertiary/aromatic N) is 1. The Kier molecular flexibility index (Phi) is 4.00. The highest BCUT2D eigenvalue weighted by molar-refractivity contribution is 7.16. The quantitative estimate of drug-likeness (QED) is 0.458. The monoisotopic (exact) mass is 370 g/mol. The lowest BCUT2D eigenvalue weighted by molar-refractivity contribution is 0.0942. The van der Waals surface area contributed by atoms with Crippen LogP contribution in [-0.2, 0) is 0 Å². The van der Waals surface area contributed by atoms with Crippen molar-refractivity contribution in [3.63, 3.8) is 0 Å². The second kappa shape index (κ2) is 6.34. The van der Waals surface area contributed by atoms with Crippen LogP contribution in [0.4, 0.5) is 5.69 Å². The van der Waals surface area contributed by atoms with Gasteiger partial charge in [0, 0.05) is 17.9 Å². The van der Waals surface area contributed by atoms with Crippen LogP contribution >= 0.6 is 11.3 Å². The van der Waals surface area contributed by atoms with E-state index in [1.807, 2.05) is 32.0 Å². The lowest BCUT2D eigenvalue weighted by Crippen LogP contribution is -2.44. The second-order valence-electron chi connectivity index (χ2n) is 6.27. The summed E-state index contributed by atoms with van der Waals surface area (Å²) in [6.07, 6.45) is 1.67. The molecule has 0 bridgehead atoms. The fraction of sp³-hybridized carbons (Fsp3) is 0.235. The summed E-state index contributed by atoms with van der Waals surface area (Å²) in [5.74, 6) is 0.544. The van der Waals surface area contributed by atoms with Gasteiger partial charge < -0.3 is 25.9 Å². The number of rotatable bonds is 4. The number of carbonyl (C=O) groups is 1. The van der Waals surface area contributed by atoms with Crippen LogP contribution in [-0.4, -0.2) is 28.6 Å². The molecule has 0 fully saturated rings. The van der Waals surface area contributed by atoms with Crippen molar-refractivity contribution in [2.75, 3.05) is 12.0 Å². The summed E-state index contributed by atoms with van der Waals surface area (Å²) in [5, 5.41) is 10.1. The Balaban J connectivity index is 1.78. The lowest BCUT2D eigenvalue weighted by atomic mass is 10.2. The Morgan fingerprint density at radius 1 is 1.35 bits per heavy atom. The van der Waals surface area contributed by atoms with E-state index in [-0.39, 0.29) is 16.8 Å². The van der Waals surface area contributed by atoms with Crippen LogP contribution in [0.2, 0.25) is 0 Å². The van der Waals surface area contributed by atoms with Crippen molar-refractivity contribution < 1.29 is 4.79 Å². The summed E-state index contributed by atoms with van der Waals surface area (Å²) in [6.45, 7) is 4.24.